The normalized spacial score (nSPS) is 16.7. The number of hydrogen-bond acceptors (Lipinski definition) is 2. The number of rotatable bonds is 3. The zero-order valence-electron chi connectivity index (χ0n) is 11.0. The molecule has 3 nitrogen and oxygen atoms in total. The Balaban J connectivity index is 2.05. The standard InChI is InChI=1S/C14H18F2N2O/c1-2-6-17-7-9-18(10-8-17)14(19)13-11(15)4-3-5-12(13)16/h3-5H,2,6-10H2,1H3. The van der Waals surface area contributed by atoms with Gasteiger partial charge in [0.25, 0.3) is 5.91 Å². The Kier molecular flexibility index (Phi) is 4.47. The minimum atomic E-state index is -0.791. The Hall–Kier alpha value is -1.49. The van der Waals surface area contributed by atoms with Crippen LogP contribution in [0.1, 0.15) is 23.7 Å². The molecule has 0 bridgehead atoms. The van der Waals surface area contributed by atoms with Crippen LogP contribution in [-0.2, 0) is 0 Å². The SMILES string of the molecule is CCCN1CCN(C(=O)c2c(F)cccc2F)CC1. The monoisotopic (exact) mass is 268 g/mol. The molecule has 1 heterocycles. The average Bonchev–Trinajstić information content (AvgIpc) is 2.39. The smallest absolute Gasteiger partial charge is 0.259 e. The lowest BCUT2D eigenvalue weighted by Crippen LogP contribution is -2.49. The average molecular weight is 268 g/mol. The Morgan fingerprint density at radius 3 is 2.26 bits per heavy atom. The van der Waals surface area contributed by atoms with E-state index in [1.807, 2.05) is 0 Å². The van der Waals surface area contributed by atoms with E-state index in [2.05, 4.69) is 11.8 Å². The van der Waals surface area contributed by atoms with Crippen LogP contribution in [0.15, 0.2) is 18.2 Å². The molecule has 0 atom stereocenters. The Morgan fingerprint density at radius 2 is 1.74 bits per heavy atom. The molecule has 1 aliphatic rings. The van der Waals surface area contributed by atoms with Gasteiger partial charge in [0.15, 0.2) is 0 Å². The van der Waals surface area contributed by atoms with E-state index in [1.54, 1.807) is 0 Å². The van der Waals surface area contributed by atoms with Gasteiger partial charge in [-0.05, 0) is 25.1 Å². The van der Waals surface area contributed by atoms with Gasteiger partial charge < -0.3 is 4.90 Å². The van der Waals surface area contributed by atoms with E-state index in [0.717, 1.165) is 38.2 Å². The summed E-state index contributed by atoms with van der Waals surface area (Å²) in [5.41, 5.74) is -0.438. The van der Waals surface area contributed by atoms with Gasteiger partial charge in [0.1, 0.15) is 17.2 Å². The predicted molar refractivity (Wildman–Crippen MR) is 69.0 cm³/mol. The Bertz CT molecular complexity index is 437. The van der Waals surface area contributed by atoms with E-state index < -0.39 is 23.1 Å². The van der Waals surface area contributed by atoms with Crippen molar-refractivity contribution in [2.45, 2.75) is 13.3 Å². The second-order valence-corrected chi connectivity index (χ2v) is 4.73. The first kappa shape index (κ1) is 13.9. The molecule has 1 aliphatic heterocycles. The minimum absolute atomic E-state index is 0.438. The van der Waals surface area contributed by atoms with Crippen molar-refractivity contribution < 1.29 is 13.6 Å². The number of piperazine rings is 1. The van der Waals surface area contributed by atoms with Crippen molar-refractivity contribution in [2.24, 2.45) is 0 Å². The van der Waals surface area contributed by atoms with Crippen LogP contribution >= 0.6 is 0 Å². The van der Waals surface area contributed by atoms with Gasteiger partial charge in [-0.2, -0.15) is 0 Å². The third-order valence-corrected chi connectivity index (χ3v) is 3.38. The number of nitrogens with zero attached hydrogens (tertiary/aromatic N) is 2. The van der Waals surface area contributed by atoms with Crippen molar-refractivity contribution in [3.05, 3.63) is 35.4 Å². The van der Waals surface area contributed by atoms with Crippen LogP contribution in [0, 0.1) is 11.6 Å². The maximum absolute atomic E-state index is 13.6. The van der Waals surface area contributed by atoms with Gasteiger partial charge in [-0.3, -0.25) is 9.69 Å². The van der Waals surface area contributed by atoms with Gasteiger partial charge in [0.05, 0.1) is 0 Å². The molecule has 0 N–H and O–H groups in total. The molecular formula is C14H18F2N2O. The number of carbonyl (C=O) groups is 1. The molecule has 104 valence electrons. The molecule has 0 unspecified atom stereocenters. The number of benzene rings is 1. The molecule has 0 aromatic heterocycles. The first-order valence-electron chi connectivity index (χ1n) is 6.59. The minimum Gasteiger partial charge on any atom is -0.336 e. The molecule has 1 fully saturated rings. The summed E-state index contributed by atoms with van der Waals surface area (Å²) in [5.74, 6) is -2.13. The molecule has 1 saturated heterocycles. The van der Waals surface area contributed by atoms with Gasteiger partial charge in [-0.15, -0.1) is 0 Å². The second-order valence-electron chi connectivity index (χ2n) is 4.73. The first-order chi connectivity index (χ1) is 9.13. The third kappa shape index (κ3) is 3.10. The molecule has 0 aliphatic carbocycles. The predicted octanol–water partition coefficient (Wildman–Crippen LogP) is 2.13. The van der Waals surface area contributed by atoms with E-state index >= 15 is 0 Å². The summed E-state index contributed by atoms with van der Waals surface area (Å²) in [6.07, 6.45) is 1.07. The Morgan fingerprint density at radius 1 is 1.16 bits per heavy atom. The molecule has 0 saturated carbocycles. The lowest BCUT2D eigenvalue weighted by molar-refractivity contribution is 0.0628. The van der Waals surface area contributed by atoms with Gasteiger partial charge in [-0.1, -0.05) is 13.0 Å². The fourth-order valence-corrected chi connectivity index (χ4v) is 2.35. The van der Waals surface area contributed by atoms with Crippen LogP contribution < -0.4 is 0 Å². The zero-order chi connectivity index (χ0) is 13.8. The zero-order valence-corrected chi connectivity index (χ0v) is 11.0. The summed E-state index contributed by atoms with van der Waals surface area (Å²) in [7, 11) is 0. The summed E-state index contributed by atoms with van der Waals surface area (Å²) in [6, 6.07) is 3.49. The summed E-state index contributed by atoms with van der Waals surface area (Å²) in [6.45, 7) is 5.66. The van der Waals surface area contributed by atoms with Crippen LogP contribution in [0.3, 0.4) is 0 Å². The second kappa shape index (κ2) is 6.10. The topological polar surface area (TPSA) is 23.6 Å². The largest absolute Gasteiger partial charge is 0.336 e. The summed E-state index contributed by atoms with van der Waals surface area (Å²) in [5, 5.41) is 0. The van der Waals surface area contributed by atoms with Crippen molar-refractivity contribution in [2.75, 3.05) is 32.7 Å². The van der Waals surface area contributed by atoms with E-state index in [-0.39, 0.29) is 0 Å². The number of hydrogen-bond donors (Lipinski definition) is 0. The molecule has 2 rings (SSSR count). The van der Waals surface area contributed by atoms with E-state index in [0.29, 0.717) is 13.1 Å². The highest BCUT2D eigenvalue weighted by Gasteiger charge is 2.25. The van der Waals surface area contributed by atoms with Crippen molar-refractivity contribution in [1.82, 2.24) is 9.80 Å². The maximum Gasteiger partial charge on any atom is 0.259 e. The van der Waals surface area contributed by atoms with Crippen LogP contribution in [0.5, 0.6) is 0 Å². The van der Waals surface area contributed by atoms with Gasteiger partial charge in [-0.25, -0.2) is 8.78 Å². The van der Waals surface area contributed by atoms with Crippen LogP contribution in [0.2, 0.25) is 0 Å². The highest BCUT2D eigenvalue weighted by molar-refractivity contribution is 5.94. The third-order valence-electron chi connectivity index (χ3n) is 3.38. The Labute approximate surface area is 111 Å². The maximum atomic E-state index is 13.6. The van der Waals surface area contributed by atoms with Crippen molar-refractivity contribution in [3.8, 4) is 0 Å². The lowest BCUT2D eigenvalue weighted by atomic mass is 10.1. The van der Waals surface area contributed by atoms with Crippen LogP contribution in [0.25, 0.3) is 0 Å². The molecule has 0 radical (unpaired) electrons. The molecule has 1 aromatic rings. The van der Waals surface area contributed by atoms with Crippen LogP contribution in [0.4, 0.5) is 8.78 Å². The molecular weight excluding hydrogens is 250 g/mol. The van der Waals surface area contributed by atoms with Gasteiger partial charge in [0.2, 0.25) is 0 Å². The van der Waals surface area contributed by atoms with E-state index in [4.69, 9.17) is 0 Å². The van der Waals surface area contributed by atoms with Gasteiger partial charge >= 0.3 is 0 Å². The van der Waals surface area contributed by atoms with Crippen molar-refractivity contribution in [3.63, 3.8) is 0 Å². The highest BCUT2D eigenvalue weighted by Crippen LogP contribution is 2.16. The molecule has 0 spiro atoms. The number of carbonyl (C=O) groups excluding carboxylic acids is 1. The summed E-state index contributed by atoms with van der Waals surface area (Å²) < 4.78 is 27.1. The van der Waals surface area contributed by atoms with Gasteiger partial charge in [0, 0.05) is 26.2 Å². The van der Waals surface area contributed by atoms with E-state index in [1.165, 1.54) is 11.0 Å². The highest BCUT2D eigenvalue weighted by atomic mass is 19.1. The quantitative estimate of drug-likeness (QED) is 0.838. The fraction of sp³-hybridized carbons (Fsp3) is 0.500. The molecule has 1 aromatic carbocycles. The van der Waals surface area contributed by atoms with Crippen molar-refractivity contribution in [1.29, 1.82) is 0 Å². The molecule has 1 amide bonds. The van der Waals surface area contributed by atoms with Crippen LogP contribution in [-0.4, -0.2) is 48.4 Å². The number of halogens is 2. The summed E-state index contributed by atoms with van der Waals surface area (Å²) >= 11 is 0. The molecule has 5 heteroatoms. The number of amides is 1. The lowest BCUT2D eigenvalue weighted by Gasteiger charge is -2.34. The fourth-order valence-electron chi connectivity index (χ4n) is 2.35. The van der Waals surface area contributed by atoms with E-state index in [9.17, 15) is 13.6 Å². The summed E-state index contributed by atoms with van der Waals surface area (Å²) in [4.78, 5) is 15.9. The molecule has 19 heavy (non-hydrogen) atoms. The van der Waals surface area contributed by atoms with Crippen molar-refractivity contribution >= 4 is 5.91 Å². The first-order valence-corrected chi connectivity index (χ1v) is 6.59.